The fourth-order valence-electron chi connectivity index (χ4n) is 3.04. The molecule has 1 fully saturated rings. The summed E-state index contributed by atoms with van der Waals surface area (Å²) >= 11 is 4.16. The van der Waals surface area contributed by atoms with Crippen LogP contribution < -0.4 is 5.32 Å². The van der Waals surface area contributed by atoms with Crippen LogP contribution in [0, 0.1) is 17.0 Å². The maximum atomic E-state index is 12.4. The maximum absolute atomic E-state index is 12.4. The van der Waals surface area contributed by atoms with E-state index in [9.17, 15) is 14.9 Å². The van der Waals surface area contributed by atoms with Gasteiger partial charge in [-0.2, -0.15) is 0 Å². The SMILES string of the molecule is Cc1ccc(N=C2NC(=O)/C(=C/c3ccc(Sc4nc5ccccc5s4)o3)S2)cc1[N+](=O)[O-]. The number of furan rings is 1. The monoisotopic (exact) mass is 494 g/mol. The molecule has 164 valence electrons. The highest BCUT2D eigenvalue weighted by Crippen LogP contribution is 2.36. The van der Waals surface area contributed by atoms with Gasteiger partial charge in [0, 0.05) is 17.7 Å². The zero-order chi connectivity index (χ0) is 22.9. The van der Waals surface area contributed by atoms with Crippen LogP contribution in [0.5, 0.6) is 0 Å². The Morgan fingerprint density at radius 2 is 2.06 bits per heavy atom. The lowest BCUT2D eigenvalue weighted by molar-refractivity contribution is -0.385. The van der Waals surface area contributed by atoms with Crippen molar-refractivity contribution in [3.63, 3.8) is 0 Å². The largest absolute Gasteiger partial charge is 0.450 e. The molecule has 0 atom stereocenters. The summed E-state index contributed by atoms with van der Waals surface area (Å²) in [4.78, 5) is 32.4. The van der Waals surface area contributed by atoms with Crippen molar-refractivity contribution in [2.75, 3.05) is 0 Å². The van der Waals surface area contributed by atoms with E-state index in [1.807, 2.05) is 30.3 Å². The zero-order valence-electron chi connectivity index (χ0n) is 17.0. The van der Waals surface area contributed by atoms with E-state index in [0.717, 1.165) is 26.3 Å². The number of hydrogen-bond acceptors (Lipinski definition) is 9. The van der Waals surface area contributed by atoms with Gasteiger partial charge in [-0.05, 0) is 60.8 Å². The minimum absolute atomic E-state index is 0.0179. The smallest absolute Gasteiger partial charge is 0.274 e. The van der Waals surface area contributed by atoms with E-state index < -0.39 is 4.92 Å². The summed E-state index contributed by atoms with van der Waals surface area (Å²) in [5, 5.41) is 14.8. The topological polar surface area (TPSA) is 111 Å². The van der Waals surface area contributed by atoms with Crippen LogP contribution in [0.4, 0.5) is 11.4 Å². The number of nitrogens with zero attached hydrogens (tertiary/aromatic N) is 3. The first-order valence-corrected chi connectivity index (χ1v) is 12.1. The summed E-state index contributed by atoms with van der Waals surface area (Å²) in [5.74, 6) is 0.223. The van der Waals surface area contributed by atoms with Crippen molar-refractivity contribution in [1.29, 1.82) is 0 Å². The summed E-state index contributed by atoms with van der Waals surface area (Å²) in [6.07, 6.45) is 1.64. The van der Waals surface area contributed by atoms with Crippen LogP contribution in [-0.4, -0.2) is 21.0 Å². The standard InChI is InChI=1S/C22H14N4O4S3/c1-12-6-7-13(10-16(12)26(28)29)23-21-25-20(27)18(31-21)11-14-8-9-19(30-14)33-22-24-15-4-2-3-5-17(15)32-22/h2-11H,1H3,(H,23,25,27)/b18-11-. The number of para-hydroxylation sites is 1. The molecule has 0 unspecified atom stereocenters. The predicted octanol–water partition coefficient (Wildman–Crippen LogP) is 6.15. The van der Waals surface area contributed by atoms with Crippen molar-refractivity contribution >= 4 is 73.6 Å². The average Bonchev–Trinajstić information content (AvgIpc) is 3.48. The second-order valence-corrected chi connectivity index (χ2v) is 10.2. The number of nitrogens with one attached hydrogen (secondary N) is 1. The number of thioether (sulfide) groups is 1. The minimum atomic E-state index is -0.453. The molecular formula is C22H14N4O4S3. The molecule has 1 N–H and O–H groups in total. The Morgan fingerprint density at radius 1 is 1.21 bits per heavy atom. The Morgan fingerprint density at radius 3 is 2.88 bits per heavy atom. The molecule has 3 heterocycles. The number of carbonyl (C=O) groups is 1. The lowest BCUT2D eigenvalue weighted by Crippen LogP contribution is -2.19. The molecular weight excluding hydrogens is 480 g/mol. The van der Waals surface area contributed by atoms with Gasteiger partial charge in [-0.15, -0.1) is 11.3 Å². The highest BCUT2D eigenvalue weighted by atomic mass is 32.2. The van der Waals surface area contributed by atoms with Gasteiger partial charge >= 0.3 is 0 Å². The third kappa shape index (κ3) is 4.70. The number of aliphatic imine (C=N–C) groups is 1. The lowest BCUT2D eigenvalue weighted by Gasteiger charge is -1.99. The van der Waals surface area contributed by atoms with Crippen molar-refractivity contribution in [1.82, 2.24) is 10.3 Å². The first-order valence-electron chi connectivity index (χ1n) is 9.62. The van der Waals surface area contributed by atoms with Gasteiger partial charge in [0.15, 0.2) is 14.6 Å². The molecule has 0 aliphatic carbocycles. The molecule has 0 radical (unpaired) electrons. The molecule has 8 nitrogen and oxygen atoms in total. The van der Waals surface area contributed by atoms with E-state index in [2.05, 4.69) is 15.3 Å². The Labute approximate surface area is 200 Å². The van der Waals surface area contributed by atoms with Crippen molar-refractivity contribution in [2.24, 2.45) is 4.99 Å². The summed E-state index contributed by atoms with van der Waals surface area (Å²) in [5.41, 5.74) is 1.87. The number of fused-ring (bicyclic) bond motifs is 1. The molecule has 1 aliphatic heterocycles. The number of thiazole rings is 1. The van der Waals surface area contributed by atoms with Crippen LogP contribution in [0.1, 0.15) is 11.3 Å². The number of nitro benzene ring substituents is 1. The molecule has 2 aromatic heterocycles. The third-order valence-electron chi connectivity index (χ3n) is 4.61. The van der Waals surface area contributed by atoms with Crippen molar-refractivity contribution in [2.45, 2.75) is 16.4 Å². The zero-order valence-corrected chi connectivity index (χ0v) is 19.4. The highest BCUT2D eigenvalue weighted by Gasteiger charge is 2.25. The van der Waals surface area contributed by atoms with Crippen LogP contribution in [-0.2, 0) is 4.79 Å². The molecule has 0 bridgehead atoms. The van der Waals surface area contributed by atoms with Crippen LogP contribution in [0.25, 0.3) is 16.3 Å². The molecule has 1 aliphatic rings. The second-order valence-electron chi connectivity index (χ2n) is 6.92. The molecule has 1 amide bonds. The predicted molar refractivity (Wildman–Crippen MR) is 131 cm³/mol. The fourth-order valence-corrected chi connectivity index (χ4v) is 5.83. The van der Waals surface area contributed by atoms with Crippen LogP contribution in [0.3, 0.4) is 0 Å². The molecule has 1 saturated heterocycles. The van der Waals surface area contributed by atoms with E-state index in [1.165, 1.54) is 17.8 Å². The van der Waals surface area contributed by atoms with Crippen molar-refractivity contribution in [3.05, 3.63) is 80.9 Å². The second kappa shape index (κ2) is 8.85. The number of aryl methyl sites for hydroxylation is 1. The van der Waals surface area contributed by atoms with Gasteiger partial charge in [0.05, 0.1) is 25.7 Å². The number of hydrogen-bond donors (Lipinski definition) is 1. The van der Waals surface area contributed by atoms with Gasteiger partial charge in [-0.25, -0.2) is 9.98 Å². The van der Waals surface area contributed by atoms with Crippen LogP contribution >= 0.6 is 34.9 Å². The summed E-state index contributed by atoms with van der Waals surface area (Å²) in [6.45, 7) is 1.66. The molecule has 0 spiro atoms. The normalized spacial score (nSPS) is 16.1. The molecule has 11 heteroatoms. The third-order valence-corrected chi connectivity index (χ3v) is 7.54. The molecule has 2 aromatic carbocycles. The fraction of sp³-hybridized carbons (Fsp3) is 0.0455. The number of nitro groups is 1. The number of carbonyl (C=O) groups excluding carboxylic acids is 1. The summed E-state index contributed by atoms with van der Waals surface area (Å²) in [7, 11) is 0. The van der Waals surface area contributed by atoms with Crippen LogP contribution in [0.2, 0.25) is 0 Å². The van der Waals surface area contributed by atoms with E-state index >= 15 is 0 Å². The summed E-state index contributed by atoms with van der Waals surface area (Å²) < 4.78 is 7.83. The van der Waals surface area contributed by atoms with E-state index in [4.69, 9.17) is 4.42 Å². The summed E-state index contributed by atoms with van der Waals surface area (Å²) in [6, 6.07) is 16.2. The number of aromatic nitrogens is 1. The van der Waals surface area contributed by atoms with Crippen molar-refractivity contribution < 1.29 is 14.1 Å². The molecule has 5 rings (SSSR count). The Hall–Kier alpha value is -3.41. The Kier molecular flexibility index (Phi) is 5.75. The van der Waals surface area contributed by atoms with Gasteiger partial charge in [0.1, 0.15) is 5.76 Å². The molecule has 0 saturated carbocycles. The maximum Gasteiger partial charge on any atom is 0.274 e. The van der Waals surface area contributed by atoms with Gasteiger partial charge < -0.3 is 9.73 Å². The first kappa shape index (κ1) is 21.4. The van der Waals surface area contributed by atoms with E-state index in [0.29, 0.717) is 32.2 Å². The average molecular weight is 495 g/mol. The Bertz CT molecular complexity index is 1440. The van der Waals surface area contributed by atoms with Crippen molar-refractivity contribution in [3.8, 4) is 0 Å². The minimum Gasteiger partial charge on any atom is -0.450 e. The highest BCUT2D eigenvalue weighted by molar-refractivity contribution is 8.18. The van der Waals surface area contributed by atoms with Gasteiger partial charge in [0.25, 0.3) is 11.6 Å². The number of amides is 1. The van der Waals surface area contributed by atoms with Gasteiger partial charge in [-0.3, -0.25) is 14.9 Å². The lowest BCUT2D eigenvalue weighted by atomic mass is 10.2. The number of benzene rings is 2. The molecule has 4 aromatic rings. The number of amidine groups is 1. The Balaban J connectivity index is 1.31. The van der Waals surface area contributed by atoms with E-state index in [1.54, 1.807) is 42.5 Å². The van der Waals surface area contributed by atoms with Gasteiger partial charge in [0.2, 0.25) is 0 Å². The van der Waals surface area contributed by atoms with E-state index in [-0.39, 0.29) is 11.6 Å². The number of rotatable bonds is 5. The molecule has 33 heavy (non-hydrogen) atoms. The quantitative estimate of drug-likeness (QED) is 0.201. The van der Waals surface area contributed by atoms with Crippen LogP contribution in [0.15, 0.2) is 78.3 Å². The van der Waals surface area contributed by atoms with Gasteiger partial charge in [-0.1, -0.05) is 18.2 Å². The first-order chi connectivity index (χ1) is 15.9.